The minimum Gasteiger partial charge on any atom is -0.399 e. The highest BCUT2D eigenvalue weighted by atomic mass is 16.5. The number of nitrogen functional groups attached to an aromatic ring is 1. The average Bonchev–Trinajstić information content (AvgIpc) is 2.78. The lowest BCUT2D eigenvalue weighted by molar-refractivity contribution is -0.141. The maximum atomic E-state index is 12.1. The second kappa shape index (κ2) is 5.40. The van der Waals surface area contributed by atoms with E-state index in [0.29, 0.717) is 6.54 Å². The van der Waals surface area contributed by atoms with Gasteiger partial charge < -0.3 is 15.4 Å². The van der Waals surface area contributed by atoms with Crippen molar-refractivity contribution < 1.29 is 9.53 Å². The molecule has 0 aromatic heterocycles. The fourth-order valence-electron chi connectivity index (χ4n) is 2.20. The summed E-state index contributed by atoms with van der Waals surface area (Å²) in [4.78, 5) is 13.9. The number of hydrogen-bond acceptors (Lipinski definition) is 3. The normalized spacial score (nSPS) is 23.0. The molecule has 1 heterocycles. The molecule has 98 valence electrons. The number of carbonyl (C=O) groups excluding carboxylic acids is 1. The van der Waals surface area contributed by atoms with E-state index in [1.165, 1.54) is 0 Å². The van der Waals surface area contributed by atoms with Gasteiger partial charge in [-0.05, 0) is 37.5 Å². The van der Waals surface area contributed by atoms with Crippen LogP contribution in [-0.4, -0.2) is 30.1 Å². The van der Waals surface area contributed by atoms with E-state index in [0.717, 1.165) is 24.1 Å². The summed E-state index contributed by atoms with van der Waals surface area (Å²) < 4.78 is 5.59. The Morgan fingerprint density at radius 3 is 2.61 bits per heavy atom. The van der Waals surface area contributed by atoms with Crippen LogP contribution in [0.15, 0.2) is 24.3 Å². The molecule has 1 saturated heterocycles. The largest absolute Gasteiger partial charge is 0.399 e. The molecule has 1 amide bonds. The average molecular weight is 248 g/mol. The Kier molecular flexibility index (Phi) is 3.87. The fraction of sp³-hybridized carbons (Fsp3) is 0.500. The van der Waals surface area contributed by atoms with Gasteiger partial charge in [0.25, 0.3) is 5.91 Å². The number of anilines is 1. The summed E-state index contributed by atoms with van der Waals surface area (Å²) in [6, 6.07) is 7.58. The third kappa shape index (κ3) is 3.01. The van der Waals surface area contributed by atoms with Gasteiger partial charge in [-0.1, -0.05) is 12.1 Å². The minimum atomic E-state index is -0.265. The van der Waals surface area contributed by atoms with Gasteiger partial charge in [-0.15, -0.1) is 0 Å². The summed E-state index contributed by atoms with van der Waals surface area (Å²) >= 11 is 0. The van der Waals surface area contributed by atoms with Gasteiger partial charge in [-0.3, -0.25) is 4.79 Å². The summed E-state index contributed by atoms with van der Waals surface area (Å²) in [5.74, 6) is 0.0659. The zero-order valence-corrected chi connectivity index (χ0v) is 10.9. The first-order chi connectivity index (χ1) is 8.56. The Morgan fingerprint density at radius 2 is 2.06 bits per heavy atom. The van der Waals surface area contributed by atoms with Crippen LogP contribution in [0.2, 0.25) is 0 Å². The molecule has 0 spiro atoms. The van der Waals surface area contributed by atoms with Crippen molar-refractivity contribution in [2.75, 3.05) is 12.8 Å². The monoisotopic (exact) mass is 248 g/mol. The van der Waals surface area contributed by atoms with Crippen molar-refractivity contribution >= 4 is 11.6 Å². The number of rotatable bonds is 3. The molecule has 1 aromatic carbocycles. The van der Waals surface area contributed by atoms with Gasteiger partial charge in [0.2, 0.25) is 0 Å². The highest BCUT2D eigenvalue weighted by molar-refractivity contribution is 5.81. The molecule has 2 atom stereocenters. The predicted octanol–water partition coefficient (Wildman–Crippen LogP) is 1.79. The van der Waals surface area contributed by atoms with Crippen LogP contribution in [-0.2, 0) is 16.1 Å². The van der Waals surface area contributed by atoms with E-state index in [2.05, 4.69) is 0 Å². The van der Waals surface area contributed by atoms with Crippen molar-refractivity contribution in [3.63, 3.8) is 0 Å². The number of carbonyl (C=O) groups is 1. The molecular formula is C14H20N2O2. The maximum absolute atomic E-state index is 12.1. The summed E-state index contributed by atoms with van der Waals surface area (Å²) in [7, 11) is 1.81. The van der Waals surface area contributed by atoms with Crippen LogP contribution >= 0.6 is 0 Å². The van der Waals surface area contributed by atoms with Crippen LogP contribution in [0.5, 0.6) is 0 Å². The van der Waals surface area contributed by atoms with E-state index in [-0.39, 0.29) is 18.1 Å². The predicted molar refractivity (Wildman–Crippen MR) is 70.9 cm³/mol. The summed E-state index contributed by atoms with van der Waals surface area (Å²) in [5, 5.41) is 0. The number of likely N-dealkylation sites (N-methyl/N-ethyl adjacent to an activating group) is 1. The van der Waals surface area contributed by atoms with Crippen LogP contribution < -0.4 is 5.73 Å². The second-order valence-electron chi connectivity index (χ2n) is 4.95. The Morgan fingerprint density at radius 1 is 1.39 bits per heavy atom. The van der Waals surface area contributed by atoms with Crippen LogP contribution in [0.3, 0.4) is 0 Å². The molecular weight excluding hydrogens is 228 g/mol. The molecule has 0 bridgehead atoms. The Balaban J connectivity index is 1.93. The van der Waals surface area contributed by atoms with Gasteiger partial charge in [0.1, 0.15) is 6.10 Å². The Bertz CT molecular complexity index is 416. The number of hydrogen-bond donors (Lipinski definition) is 1. The molecule has 2 N–H and O–H groups in total. The molecule has 2 rings (SSSR count). The molecule has 1 aliphatic rings. The van der Waals surface area contributed by atoms with Crippen molar-refractivity contribution in [3.8, 4) is 0 Å². The van der Waals surface area contributed by atoms with E-state index in [9.17, 15) is 4.79 Å². The zero-order valence-electron chi connectivity index (χ0n) is 10.9. The van der Waals surface area contributed by atoms with Gasteiger partial charge in [0.15, 0.2) is 0 Å². The van der Waals surface area contributed by atoms with Crippen LogP contribution in [0.25, 0.3) is 0 Å². The van der Waals surface area contributed by atoms with E-state index in [1.807, 2.05) is 38.2 Å². The molecule has 18 heavy (non-hydrogen) atoms. The quantitative estimate of drug-likeness (QED) is 0.830. The highest BCUT2D eigenvalue weighted by Crippen LogP contribution is 2.21. The zero-order chi connectivity index (χ0) is 13.1. The third-order valence-corrected chi connectivity index (χ3v) is 3.28. The molecule has 1 fully saturated rings. The number of nitrogens with two attached hydrogens (primary N) is 1. The van der Waals surface area contributed by atoms with Gasteiger partial charge >= 0.3 is 0 Å². The third-order valence-electron chi connectivity index (χ3n) is 3.28. The first-order valence-corrected chi connectivity index (χ1v) is 6.31. The van der Waals surface area contributed by atoms with Crippen molar-refractivity contribution in [1.82, 2.24) is 4.90 Å². The molecule has 2 unspecified atom stereocenters. The SMILES string of the molecule is CC1CCC(C(=O)N(C)Cc2ccc(N)cc2)O1. The standard InChI is InChI=1S/C14H20N2O2/c1-10-3-8-13(18-10)14(17)16(2)9-11-4-6-12(15)7-5-11/h4-7,10,13H,3,8-9,15H2,1-2H3. The van der Waals surface area contributed by atoms with Crippen LogP contribution in [0, 0.1) is 0 Å². The van der Waals surface area contributed by atoms with Gasteiger partial charge in [0.05, 0.1) is 6.10 Å². The summed E-state index contributed by atoms with van der Waals surface area (Å²) in [6.07, 6.45) is 1.72. The lowest BCUT2D eigenvalue weighted by Crippen LogP contribution is -2.35. The topological polar surface area (TPSA) is 55.6 Å². The number of amides is 1. The molecule has 0 saturated carbocycles. The van der Waals surface area contributed by atoms with Gasteiger partial charge in [-0.2, -0.15) is 0 Å². The fourth-order valence-corrected chi connectivity index (χ4v) is 2.20. The summed E-state index contributed by atoms with van der Waals surface area (Å²) in [6.45, 7) is 2.60. The molecule has 1 aromatic rings. The molecule has 4 nitrogen and oxygen atoms in total. The van der Waals surface area contributed by atoms with E-state index >= 15 is 0 Å². The van der Waals surface area contributed by atoms with Gasteiger partial charge in [0, 0.05) is 19.3 Å². The molecule has 1 aliphatic heterocycles. The van der Waals surface area contributed by atoms with Crippen LogP contribution in [0.4, 0.5) is 5.69 Å². The molecule has 4 heteroatoms. The minimum absolute atomic E-state index is 0.0659. The lowest BCUT2D eigenvalue weighted by atomic mass is 10.1. The number of ether oxygens (including phenoxy) is 1. The smallest absolute Gasteiger partial charge is 0.251 e. The van der Waals surface area contributed by atoms with E-state index in [1.54, 1.807) is 4.90 Å². The number of nitrogens with zero attached hydrogens (tertiary/aromatic N) is 1. The lowest BCUT2D eigenvalue weighted by Gasteiger charge is -2.21. The second-order valence-corrected chi connectivity index (χ2v) is 4.95. The maximum Gasteiger partial charge on any atom is 0.251 e. The van der Waals surface area contributed by atoms with E-state index < -0.39 is 0 Å². The van der Waals surface area contributed by atoms with Crippen molar-refractivity contribution in [2.45, 2.75) is 38.5 Å². The van der Waals surface area contributed by atoms with E-state index in [4.69, 9.17) is 10.5 Å². The van der Waals surface area contributed by atoms with Crippen molar-refractivity contribution in [3.05, 3.63) is 29.8 Å². The first-order valence-electron chi connectivity index (χ1n) is 6.31. The van der Waals surface area contributed by atoms with Crippen molar-refractivity contribution in [1.29, 1.82) is 0 Å². The Hall–Kier alpha value is -1.55. The highest BCUT2D eigenvalue weighted by Gasteiger charge is 2.30. The first kappa shape index (κ1) is 12.9. The Labute approximate surface area is 108 Å². The van der Waals surface area contributed by atoms with Crippen LogP contribution in [0.1, 0.15) is 25.3 Å². The summed E-state index contributed by atoms with van der Waals surface area (Å²) in [5.41, 5.74) is 7.44. The van der Waals surface area contributed by atoms with Gasteiger partial charge in [-0.25, -0.2) is 0 Å². The molecule has 0 aliphatic carbocycles. The van der Waals surface area contributed by atoms with Crippen molar-refractivity contribution in [2.24, 2.45) is 0 Å². The number of benzene rings is 1. The molecule has 0 radical (unpaired) electrons.